The number of amides is 1. The van der Waals surface area contributed by atoms with Gasteiger partial charge in [-0.1, -0.05) is 11.6 Å². The molecule has 1 aromatic heterocycles. The van der Waals surface area contributed by atoms with Gasteiger partial charge in [-0.3, -0.25) is 4.79 Å². The second-order valence-corrected chi connectivity index (χ2v) is 5.11. The summed E-state index contributed by atoms with van der Waals surface area (Å²) in [5, 5.41) is 6.30. The fraction of sp³-hybridized carbons (Fsp3) is 0.0769. The van der Waals surface area contributed by atoms with E-state index in [1.165, 1.54) is 0 Å². The molecule has 0 saturated carbocycles. The number of anilines is 2. The van der Waals surface area contributed by atoms with E-state index in [2.05, 4.69) is 31.5 Å². The highest BCUT2D eigenvalue weighted by atomic mass is 79.9. The van der Waals surface area contributed by atoms with E-state index < -0.39 is 0 Å². The van der Waals surface area contributed by atoms with Crippen LogP contribution in [0.15, 0.2) is 41.0 Å². The van der Waals surface area contributed by atoms with Crippen LogP contribution in [0, 0.1) is 0 Å². The van der Waals surface area contributed by atoms with Crippen molar-refractivity contribution in [1.82, 2.24) is 4.98 Å². The van der Waals surface area contributed by atoms with Gasteiger partial charge in [0.15, 0.2) is 0 Å². The van der Waals surface area contributed by atoms with Crippen molar-refractivity contribution in [3.8, 4) is 0 Å². The van der Waals surface area contributed by atoms with E-state index in [9.17, 15) is 4.79 Å². The number of pyridine rings is 1. The Kier molecular flexibility index (Phi) is 4.39. The Bertz CT molecular complexity index is 601. The van der Waals surface area contributed by atoms with Crippen molar-refractivity contribution in [3.63, 3.8) is 0 Å². The summed E-state index contributed by atoms with van der Waals surface area (Å²) in [6.45, 7) is 0. The Morgan fingerprint density at radius 3 is 2.63 bits per heavy atom. The second-order valence-electron chi connectivity index (χ2n) is 3.76. The molecule has 1 heterocycles. The topological polar surface area (TPSA) is 54.0 Å². The van der Waals surface area contributed by atoms with Crippen molar-refractivity contribution in [2.75, 3.05) is 17.7 Å². The van der Waals surface area contributed by atoms with E-state index in [0.29, 0.717) is 22.1 Å². The second kappa shape index (κ2) is 6.04. The molecule has 0 atom stereocenters. The zero-order valence-corrected chi connectivity index (χ0v) is 12.4. The van der Waals surface area contributed by atoms with Crippen LogP contribution >= 0.6 is 27.5 Å². The molecule has 2 aromatic rings. The maximum absolute atomic E-state index is 12.2. The van der Waals surface area contributed by atoms with Crippen molar-refractivity contribution in [2.24, 2.45) is 0 Å². The van der Waals surface area contributed by atoms with Gasteiger partial charge < -0.3 is 10.6 Å². The molecule has 19 heavy (non-hydrogen) atoms. The maximum Gasteiger partial charge on any atom is 0.259 e. The fourth-order valence-electron chi connectivity index (χ4n) is 1.54. The lowest BCUT2D eigenvalue weighted by atomic mass is 10.2. The van der Waals surface area contributed by atoms with Crippen LogP contribution in [-0.4, -0.2) is 17.9 Å². The Morgan fingerprint density at radius 2 is 2.00 bits per heavy atom. The van der Waals surface area contributed by atoms with Crippen LogP contribution in [0.25, 0.3) is 0 Å². The highest BCUT2D eigenvalue weighted by molar-refractivity contribution is 9.10. The third-order valence-electron chi connectivity index (χ3n) is 2.44. The predicted molar refractivity (Wildman–Crippen MR) is 80.9 cm³/mol. The van der Waals surface area contributed by atoms with Crippen molar-refractivity contribution >= 4 is 44.9 Å². The number of nitrogens with one attached hydrogen (secondary N) is 2. The first-order valence-corrected chi connectivity index (χ1v) is 6.67. The highest BCUT2D eigenvalue weighted by Gasteiger charge is 2.12. The summed E-state index contributed by atoms with van der Waals surface area (Å²) >= 11 is 9.10. The number of hydrogen-bond donors (Lipinski definition) is 2. The summed E-state index contributed by atoms with van der Waals surface area (Å²) < 4.78 is 0.743. The normalized spacial score (nSPS) is 10.1. The van der Waals surface area contributed by atoms with Crippen LogP contribution in [0.2, 0.25) is 5.02 Å². The summed E-state index contributed by atoms with van der Waals surface area (Å²) in [6, 6.07) is 8.63. The summed E-state index contributed by atoms with van der Waals surface area (Å²) in [5.74, 6) is 0.287. The van der Waals surface area contributed by atoms with Gasteiger partial charge in [0.1, 0.15) is 5.82 Å². The quantitative estimate of drug-likeness (QED) is 0.894. The standard InChI is InChI=1S/C13H11BrClN3O/c1-16-12-11(6-8(14)7-17-12)13(19)18-10-4-2-9(15)3-5-10/h2-7H,1H3,(H,16,17)(H,18,19). The molecule has 1 amide bonds. The third kappa shape index (κ3) is 3.45. The number of nitrogens with zero attached hydrogens (tertiary/aromatic N) is 1. The average Bonchev–Trinajstić information content (AvgIpc) is 2.41. The van der Waals surface area contributed by atoms with Crippen LogP contribution in [0.1, 0.15) is 10.4 Å². The van der Waals surface area contributed by atoms with E-state index in [0.717, 1.165) is 4.47 Å². The van der Waals surface area contributed by atoms with Crippen LogP contribution in [0.4, 0.5) is 11.5 Å². The zero-order chi connectivity index (χ0) is 13.8. The maximum atomic E-state index is 12.2. The predicted octanol–water partition coefficient (Wildman–Crippen LogP) is 3.79. The van der Waals surface area contributed by atoms with Gasteiger partial charge in [0.2, 0.25) is 0 Å². The summed E-state index contributed by atoms with van der Waals surface area (Å²) in [7, 11) is 1.72. The molecule has 6 heteroatoms. The molecule has 0 aliphatic heterocycles. The molecule has 0 unspecified atom stereocenters. The van der Waals surface area contributed by atoms with Crippen molar-refractivity contribution in [2.45, 2.75) is 0 Å². The van der Waals surface area contributed by atoms with Gasteiger partial charge in [-0.2, -0.15) is 0 Å². The Morgan fingerprint density at radius 1 is 1.32 bits per heavy atom. The molecule has 0 radical (unpaired) electrons. The number of carbonyl (C=O) groups excluding carboxylic acids is 1. The molecule has 2 rings (SSSR count). The first-order chi connectivity index (χ1) is 9.10. The molecule has 0 spiro atoms. The molecule has 98 valence electrons. The van der Waals surface area contributed by atoms with Crippen molar-refractivity contribution < 1.29 is 4.79 Å². The first-order valence-electron chi connectivity index (χ1n) is 5.50. The van der Waals surface area contributed by atoms with Crippen LogP contribution < -0.4 is 10.6 Å². The van der Waals surface area contributed by atoms with Crippen LogP contribution in [0.3, 0.4) is 0 Å². The summed E-state index contributed by atoms with van der Waals surface area (Å²) in [4.78, 5) is 16.3. The number of halogens is 2. The fourth-order valence-corrected chi connectivity index (χ4v) is 2.00. The molecule has 0 aliphatic carbocycles. The average molecular weight is 341 g/mol. The lowest BCUT2D eigenvalue weighted by Gasteiger charge is -2.09. The zero-order valence-electron chi connectivity index (χ0n) is 10.1. The van der Waals surface area contributed by atoms with Crippen molar-refractivity contribution in [1.29, 1.82) is 0 Å². The monoisotopic (exact) mass is 339 g/mol. The minimum atomic E-state index is -0.236. The molecular weight excluding hydrogens is 330 g/mol. The Labute approximate surface area is 124 Å². The number of rotatable bonds is 3. The van der Waals surface area contributed by atoms with Gasteiger partial charge in [-0.15, -0.1) is 0 Å². The molecule has 4 nitrogen and oxygen atoms in total. The molecular formula is C13H11BrClN3O. The number of aromatic nitrogens is 1. The molecule has 1 aromatic carbocycles. The molecule has 0 saturated heterocycles. The van der Waals surface area contributed by atoms with Crippen LogP contribution in [-0.2, 0) is 0 Å². The number of benzene rings is 1. The van der Waals surface area contributed by atoms with Crippen molar-refractivity contribution in [3.05, 3.63) is 51.6 Å². The molecule has 0 fully saturated rings. The molecule has 0 aliphatic rings. The van der Waals surface area contributed by atoms with Gasteiger partial charge >= 0.3 is 0 Å². The first kappa shape index (κ1) is 13.8. The molecule has 0 bridgehead atoms. The van der Waals surface area contributed by atoms with Gasteiger partial charge in [0, 0.05) is 28.4 Å². The third-order valence-corrected chi connectivity index (χ3v) is 3.12. The van der Waals surface area contributed by atoms with E-state index in [4.69, 9.17) is 11.6 Å². The minimum absolute atomic E-state index is 0.236. The number of carbonyl (C=O) groups is 1. The van der Waals surface area contributed by atoms with Gasteiger partial charge in [-0.05, 0) is 46.3 Å². The van der Waals surface area contributed by atoms with Crippen LogP contribution in [0.5, 0.6) is 0 Å². The van der Waals surface area contributed by atoms with Gasteiger partial charge in [0.05, 0.1) is 5.56 Å². The van der Waals surface area contributed by atoms with Gasteiger partial charge in [-0.25, -0.2) is 4.98 Å². The lowest BCUT2D eigenvalue weighted by Crippen LogP contribution is -2.14. The SMILES string of the molecule is CNc1ncc(Br)cc1C(=O)Nc1ccc(Cl)cc1. The van der Waals surface area contributed by atoms with E-state index in [-0.39, 0.29) is 5.91 Å². The Hall–Kier alpha value is -1.59. The highest BCUT2D eigenvalue weighted by Crippen LogP contribution is 2.20. The largest absolute Gasteiger partial charge is 0.372 e. The lowest BCUT2D eigenvalue weighted by molar-refractivity contribution is 0.102. The summed E-state index contributed by atoms with van der Waals surface area (Å²) in [5.41, 5.74) is 1.14. The minimum Gasteiger partial charge on any atom is -0.372 e. The summed E-state index contributed by atoms with van der Waals surface area (Å²) in [6.07, 6.45) is 1.63. The van der Waals surface area contributed by atoms with E-state index in [1.54, 1.807) is 43.6 Å². The van der Waals surface area contributed by atoms with E-state index in [1.807, 2.05) is 0 Å². The Balaban J connectivity index is 2.24. The smallest absolute Gasteiger partial charge is 0.259 e. The number of hydrogen-bond acceptors (Lipinski definition) is 3. The van der Waals surface area contributed by atoms with E-state index >= 15 is 0 Å². The van der Waals surface area contributed by atoms with Gasteiger partial charge in [0.25, 0.3) is 5.91 Å². The molecule has 2 N–H and O–H groups in total.